The third kappa shape index (κ3) is 1.77. The van der Waals surface area contributed by atoms with Crippen molar-refractivity contribution in [2.75, 3.05) is 0 Å². The summed E-state index contributed by atoms with van der Waals surface area (Å²) >= 11 is 1.44. The van der Waals surface area contributed by atoms with Gasteiger partial charge in [-0.25, -0.2) is 0 Å². The molecule has 2 aromatic heterocycles. The van der Waals surface area contributed by atoms with E-state index < -0.39 is 0 Å². The molecule has 2 heterocycles. The summed E-state index contributed by atoms with van der Waals surface area (Å²) in [6, 6.07) is 9.77. The van der Waals surface area contributed by atoms with E-state index >= 15 is 0 Å². The van der Waals surface area contributed by atoms with Crippen LogP contribution in [0.15, 0.2) is 44.9 Å². The third-order valence-corrected chi connectivity index (χ3v) is 3.91. The van der Waals surface area contributed by atoms with Crippen molar-refractivity contribution in [3.8, 4) is 11.1 Å². The molecular formula is C15H12O2S. The Kier molecular flexibility index (Phi) is 2.56. The van der Waals surface area contributed by atoms with E-state index in [1.54, 1.807) is 6.92 Å². The van der Waals surface area contributed by atoms with Crippen LogP contribution in [0.25, 0.3) is 21.4 Å². The lowest BCUT2D eigenvalue weighted by Gasteiger charge is -2.00. The molecule has 3 rings (SSSR count). The number of thiophene rings is 1. The highest BCUT2D eigenvalue weighted by molar-refractivity contribution is 7.17. The van der Waals surface area contributed by atoms with Gasteiger partial charge in [-0.15, -0.1) is 11.3 Å². The van der Waals surface area contributed by atoms with Crippen LogP contribution in [0.3, 0.4) is 0 Å². The lowest BCUT2D eigenvalue weighted by atomic mass is 10.1. The molecule has 3 aromatic rings. The largest absolute Gasteiger partial charge is 0.460 e. The van der Waals surface area contributed by atoms with Gasteiger partial charge in [0.2, 0.25) is 5.43 Å². The van der Waals surface area contributed by atoms with Crippen molar-refractivity contribution in [3.63, 3.8) is 0 Å². The molecule has 90 valence electrons. The molecule has 0 aliphatic carbocycles. The zero-order chi connectivity index (χ0) is 12.7. The molecule has 0 saturated carbocycles. The van der Waals surface area contributed by atoms with E-state index in [0.29, 0.717) is 16.0 Å². The molecule has 0 bridgehead atoms. The first kappa shape index (κ1) is 11.2. The Bertz CT molecular complexity index is 763. The predicted octanol–water partition coefficient (Wildman–Crippen LogP) is 4.14. The van der Waals surface area contributed by atoms with E-state index in [2.05, 4.69) is 31.2 Å². The van der Waals surface area contributed by atoms with Gasteiger partial charge in [-0.2, -0.15) is 0 Å². The van der Waals surface area contributed by atoms with E-state index in [-0.39, 0.29) is 5.43 Å². The van der Waals surface area contributed by atoms with Crippen LogP contribution in [0.2, 0.25) is 0 Å². The van der Waals surface area contributed by atoms with Crippen molar-refractivity contribution in [2.24, 2.45) is 0 Å². The standard InChI is InChI=1S/C15H12O2S/c1-9-3-5-11(6-4-9)12-8-18-15-13(16)7-10(2)17-14(12)15/h3-8H,1-2H3. The second-order valence-corrected chi connectivity index (χ2v) is 5.27. The van der Waals surface area contributed by atoms with E-state index in [1.807, 2.05) is 5.38 Å². The second-order valence-electron chi connectivity index (χ2n) is 4.39. The highest BCUT2D eigenvalue weighted by Gasteiger charge is 2.11. The van der Waals surface area contributed by atoms with Gasteiger partial charge < -0.3 is 4.42 Å². The smallest absolute Gasteiger partial charge is 0.202 e. The minimum absolute atomic E-state index is 0.0390. The van der Waals surface area contributed by atoms with Gasteiger partial charge in [0, 0.05) is 17.0 Å². The molecule has 2 nitrogen and oxygen atoms in total. The highest BCUT2D eigenvalue weighted by atomic mass is 32.1. The van der Waals surface area contributed by atoms with Gasteiger partial charge in [0.15, 0.2) is 5.58 Å². The van der Waals surface area contributed by atoms with Crippen LogP contribution in [0.1, 0.15) is 11.3 Å². The Balaban J connectivity index is 2.30. The lowest BCUT2D eigenvalue weighted by molar-refractivity contribution is 0.567. The summed E-state index contributed by atoms with van der Waals surface area (Å²) < 4.78 is 6.40. The zero-order valence-electron chi connectivity index (χ0n) is 10.2. The van der Waals surface area contributed by atoms with Crippen molar-refractivity contribution in [3.05, 3.63) is 57.3 Å². The third-order valence-electron chi connectivity index (χ3n) is 2.93. The molecule has 0 fully saturated rings. The molecule has 0 spiro atoms. The van der Waals surface area contributed by atoms with Crippen LogP contribution >= 0.6 is 11.3 Å². The quantitative estimate of drug-likeness (QED) is 0.655. The van der Waals surface area contributed by atoms with E-state index in [0.717, 1.165) is 11.1 Å². The van der Waals surface area contributed by atoms with Crippen LogP contribution in [0, 0.1) is 13.8 Å². The maximum Gasteiger partial charge on any atom is 0.202 e. The van der Waals surface area contributed by atoms with Gasteiger partial charge in [0.25, 0.3) is 0 Å². The van der Waals surface area contributed by atoms with Gasteiger partial charge in [-0.3, -0.25) is 4.79 Å². The Morgan fingerprint density at radius 1 is 1.11 bits per heavy atom. The van der Waals surface area contributed by atoms with Gasteiger partial charge in [-0.05, 0) is 19.4 Å². The van der Waals surface area contributed by atoms with E-state index in [9.17, 15) is 4.79 Å². The average Bonchev–Trinajstić information content (AvgIpc) is 2.74. The number of fused-ring (bicyclic) bond motifs is 1. The van der Waals surface area contributed by atoms with Gasteiger partial charge >= 0.3 is 0 Å². The minimum Gasteiger partial charge on any atom is -0.460 e. The Labute approximate surface area is 109 Å². The van der Waals surface area contributed by atoms with Gasteiger partial charge in [-0.1, -0.05) is 29.8 Å². The fourth-order valence-corrected chi connectivity index (χ4v) is 2.90. The molecule has 1 aromatic carbocycles. The lowest BCUT2D eigenvalue weighted by Crippen LogP contribution is -1.97. The SMILES string of the molecule is Cc1ccc(-c2csc3c(=O)cc(C)oc23)cc1. The molecule has 0 saturated heterocycles. The second kappa shape index (κ2) is 4.10. The molecule has 3 heteroatoms. The maximum atomic E-state index is 11.8. The first-order valence-corrected chi connectivity index (χ1v) is 6.62. The Morgan fingerprint density at radius 2 is 1.83 bits per heavy atom. The number of hydrogen-bond acceptors (Lipinski definition) is 3. The summed E-state index contributed by atoms with van der Waals surface area (Å²) in [5.74, 6) is 0.652. The number of hydrogen-bond donors (Lipinski definition) is 0. The molecule has 0 atom stereocenters. The molecular weight excluding hydrogens is 244 g/mol. The molecule has 0 aliphatic heterocycles. The van der Waals surface area contributed by atoms with Crippen molar-refractivity contribution in [1.29, 1.82) is 0 Å². The van der Waals surface area contributed by atoms with Gasteiger partial charge in [0.1, 0.15) is 10.5 Å². The maximum absolute atomic E-state index is 11.8. The Hall–Kier alpha value is -1.87. The molecule has 0 aliphatic rings. The van der Waals surface area contributed by atoms with Crippen LogP contribution in [-0.2, 0) is 0 Å². The summed E-state index contributed by atoms with van der Waals surface area (Å²) in [5, 5.41) is 1.99. The molecule has 0 radical (unpaired) electrons. The van der Waals surface area contributed by atoms with Crippen molar-refractivity contribution < 1.29 is 4.42 Å². The summed E-state index contributed by atoms with van der Waals surface area (Å²) in [4.78, 5) is 11.8. The first-order chi connectivity index (χ1) is 8.65. The normalized spacial score (nSPS) is 11.0. The minimum atomic E-state index is 0.0390. The molecule has 0 amide bonds. The average molecular weight is 256 g/mol. The van der Waals surface area contributed by atoms with Crippen LogP contribution in [0.5, 0.6) is 0 Å². The molecule has 18 heavy (non-hydrogen) atoms. The zero-order valence-corrected chi connectivity index (χ0v) is 11.0. The number of rotatable bonds is 1. The topological polar surface area (TPSA) is 30.2 Å². The highest BCUT2D eigenvalue weighted by Crippen LogP contribution is 2.32. The van der Waals surface area contributed by atoms with Crippen LogP contribution < -0.4 is 5.43 Å². The summed E-state index contributed by atoms with van der Waals surface area (Å²) in [6.07, 6.45) is 0. The summed E-state index contributed by atoms with van der Waals surface area (Å²) in [7, 11) is 0. The summed E-state index contributed by atoms with van der Waals surface area (Å²) in [5.41, 5.74) is 4.04. The van der Waals surface area contributed by atoms with Crippen molar-refractivity contribution in [1.82, 2.24) is 0 Å². The number of benzene rings is 1. The first-order valence-electron chi connectivity index (χ1n) is 5.74. The predicted molar refractivity (Wildman–Crippen MR) is 75.3 cm³/mol. The number of aryl methyl sites for hydroxylation is 2. The summed E-state index contributed by atoms with van der Waals surface area (Å²) in [6.45, 7) is 3.86. The van der Waals surface area contributed by atoms with E-state index in [4.69, 9.17) is 4.42 Å². The fraction of sp³-hybridized carbons (Fsp3) is 0.133. The van der Waals surface area contributed by atoms with Crippen molar-refractivity contribution in [2.45, 2.75) is 13.8 Å². The Morgan fingerprint density at radius 3 is 2.56 bits per heavy atom. The molecule has 0 N–H and O–H groups in total. The fourth-order valence-electron chi connectivity index (χ4n) is 1.99. The monoisotopic (exact) mass is 256 g/mol. The molecule has 0 unspecified atom stereocenters. The van der Waals surface area contributed by atoms with Gasteiger partial charge in [0.05, 0.1) is 0 Å². The van der Waals surface area contributed by atoms with Crippen LogP contribution in [0.4, 0.5) is 0 Å². The van der Waals surface area contributed by atoms with E-state index in [1.165, 1.54) is 23.0 Å². The van der Waals surface area contributed by atoms with Crippen LogP contribution in [-0.4, -0.2) is 0 Å². The van der Waals surface area contributed by atoms with Crippen molar-refractivity contribution >= 4 is 21.6 Å².